The van der Waals surface area contributed by atoms with Crippen molar-refractivity contribution in [1.29, 1.82) is 0 Å². The minimum Gasteiger partial charge on any atom is -0.321 e. The van der Waals surface area contributed by atoms with Crippen molar-refractivity contribution in [3.05, 3.63) is 41.7 Å². The highest BCUT2D eigenvalue weighted by Crippen LogP contribution is 2.03. The normalized spacial score (nSPS) is 10.7. The lowest BCUT2D eigenvalue weighted by molar-refractivity contribution is 0.651. The van der Waals surface area contributed by atoms with E-state index in [2.05, 4.69) is 27.4 Å². The first-order chi connectivity index (χ1) is 8.27. The molecule has 2 heterocycles. The summed E-state index contributed by atoms with van der Waals surface area (Å²) in [6.45, 7) is 3.83. The molecule has 1 N–H and O–H groups in total. The van der Waals surface area contributed by atoms with Gasteiger partial charge in [-0.2, -0.15) is 0 Å². The zero-order valence-electron chi connectivity index (χ0n) is 10.2. The Labute approximate surface area is 101 Å². The monoisotopic (exact) mass is 231 g/mol. The van der Waals surface area contributed by atoms with Gasteiger partial charge in [-0.1, -0.05) is 0 Å². The zero-order chi connectivity index (χ0) is 12.1. The highest BCUT2D eigenvalue weighted by Gasteiger charge is 2.00. The first-order valence-corrected chi connectivity index (χ1v) is 5.70. The molecule has 0 fully saturated rings. The maximum atomic E-state index is 4.12. The van der Waals surface area contributed by atoms with Crippen molar-refractivity contribution < 1.29 is 0 Å². The molecular weight excluding hydrogens is 214 g/mol. The predicted molar refractivity (Wildman–Crippen MR) is 65.4 cm³/mol. The van der Waals surface area contributed by atoms with Crippen LogP contribution in [0.2, 0.25) is 0 Å². The van der Waals surface area contributed by atoms with Gasteiger partial charge in [0.2, 0.25) is 0 Å². The summed E-state index contributed by atoms with van der Waals surface area (Å²) >= 11 is 0. The fourth-order valence-corrected chi connectivity index (χ4v) is 1.64. The summed E-state index contributed by atoms with van der Waals surface area (Å²) in [4.78, 5) is 4.12. The van der Waals surface area contributed by atoms with Crippen molar-refractivity contribution in [2.24, 2.45) is 7.05 Å². The van der Waals surface area contributed by atoms with Gasteiger partial charge in [0.15, 0.2) is 0 Å². The van der Waals surface area contributed by atoms with Crippen LogP contribution in [-0.2, 0) is 20.0 Å². The predicted octanol–water partition coefficient (Wildman–Crippen LogP) is 0.851. The van der Waals surface area contributed by atoms with Gasteiger partial charge < -0.3 is 9.88 Å². The van der Waals surface area contributed by atoms with E-state index in [0.717, 1.165) is 25.3 Å². The van der Waals surface area contributed by atoms with Crippen molar-refractivity contribution in [3.63, 3.8) is 0 Å². The summed E-state index contributed by atoms with van der Waals surface area (Å²) in [5.74, 6) is 1.00. The van der Waals surface area contributed by atoms with Gasteiger partial charge >= 0.3 is 0 Å². The zero-order valence-corrected chi connectivity index (χ0v) is 10.2. The minimum atomic E-state index is 0.845. The Morgan fingerprint density at radius 3 is 3.00 bits per heavy atom. The molecule has 90 valence electrons. The number of nitrogens with zero attached hydrogens (tertiary/aromatic N) is 4. The second-order valence-corrected chi connectivity index (χ2v) is 4.09. The first-order valence-electron chi connectivity index (χ1n) is 5.70. The smallest absolute Gasteiger partial charge is 0.133 e. The average Bonchev–Trinajstić information content (AvgIpc) is 2.73. The van der Waals surface area contributed by atoms with Crippen LogP contribution in [0.1, 0.15) is 17.0 Å². The van der Waals surface area contributed by atoms with E-state index in [1.807, 2.05) is 30.1 Å². The van der Waals surface area contributed by atoms with Crippen molar-refractivity contribution >= 4 is 0 Å². The highest BCUT2D eigenvalue weighted by molar-refractivity contribution is 5.20. The SMILES string of the molecule is Cc1ccncc1CNCCc1nncn1C. The molecule has 2 rings (SSSR count). The fourth-order valence-electron chi connectivity index (χ4n) is 1.64. The molecule has 0 saturated carbocycles. The van der Waals surface area contributed by atoms with Gasteiger partial charge in [-0.3, -0.25) is 4.98 Å². The summed E-state index contributed by atoms with van der Waals surface area (Å²) < 4.78 is 1.94. The molecule has 0 aromatic carbocycles. The third-order valence-electron chi connectivity index (χ3n) is 2.79. The van der Waals surface area contributed by atoms with E-state index in [9.17, 15) is 0 Å². The van der Waals surface area contributed by atoms with E-state index >= 15 is 0 Å². The average molecular weight is 231 g/mol. The van der Waals surface area contributed by atoms with Crippen molar-refractivity contribution in [1.82, 2.24) is 25.1 Å². The van der Waals surface area contributed by atoms with Crippen LogP contribution in [0.3, 0.4) is 0 Å². The van der Waals surface area contributed by atoms with E-state index in [4.69, 9.17) is 0 Å². The van der Waals surface area contributed by atoms with E-state index in [1.165, 1.54) is 11.1 Å². The molecule has 0 unspecified atom stereocenters. The molecule has 0 aliphatic rings. The highest BCUT2D eigenvalue weighted by atomic mass is 15.2. The number of hydrogen-bond donors (Lipinski definition) is 1. The molecule has 0 aliphatic carbocycles. The summed E-state index contributed by atoms with van der Waals surface area (Å²) in [5.41, 5.74) is 2.51. The molecule has 0 bridgehead atoms. The van der Waals surface area contributed by atoms with Gasteiger partial charge in [0.25, 0.3) is 0 Å². The summed E-state index contributed by atoms with van der Waals surface area (Å²) in [6.07, 6.45) is 6.33. The second kappa shape index (κ2) is 5.54. The molecule has 0 aliphatic heterocycles. The van der Waals surface area contributed by atoms with Crippen molar-refractivity contribution in [2.75, 3.05) is 6.54 Å². The first kappa shape index (κ1) is 11.7. The second-order valence-electron chi connectivity index (χ2n) is 4.09. The molecule has 2 aromatic heterocycles. The molecule has 2 aromatic rings. The number of pyridine rings is 1. The molecule has 0 saturated heterocycles. The number of rotatable bonds is 5. The lowest BCUT2D eigenvalue weighted by atomic mass is 10.1. The largest absolute Gasteiger partial charge is 0.321 e. The van der Waals surface area contributed by atoms with Crippen molar-refractivity contribution in [3.8, 4) is 0 Å². The van der Waals surface area contributed by atoms with Crippen LogP contribution in [0.25, 0.3) is 0 Å². The minimum absolute atomic E-state index is 0.845. The Morgan fingerprint density at radius 1 is 1.41 bits per heavy atom. The van der Waals surface area contributed by atoms with Gasteiger partial charge in [-0.15, -0.1) is 10.2 Å². The fraction of sp³-hybridized carbons (Fsp3) is 0.417. The molecule has 0 atom stereocenters. The molecular formula is C12H17N5. The quantitative estimate of drug-likeness (QED) is 0.775. The lowest BCUT2D eigenvalue weighted by Crippen LogP contribution is -2.18. The van der Waals surface area contributed by atoms with Gasteiger partial charge in [0.05, 0.1) is 0 Å². The topological polar surface area (TPSA) is 55.6 Å². The van der Waals surface area contributed by atoms with Gasteiger partial charge in [0.1, 0.15) is 12.2 Å². The number of hydrogen-bond acceptors (Lipinski definition) is 4. The Kier molecular flexibility index (Phi) is 3.82. The van der Waals surface area contributed by atoms with E-state index in [0.29, 0.717) is 0 Å². The third-order valence-corrected chi connectivity index (χ3v) is 2.79. The van der Waals surface area contributed by atoms with Crippen LogP contribution >= 0.6 is 0 Å². The summed E-state index contributed by atoms with van der Waals surface area (Å²) in [5, 5.41) is 11.3. The van der Waals surface area contributed by atoms with Gasteiger partial charge in [-0.05, 0) is 24.1 Å². The molecule has 5 heteroatoms. The lowest BCUT2D eigenvalue weighted by Gasteiger charge is -2.06. The van der Waals surface area contributed by atoms with Crippen LogP contribution in [-0.4, -0.2) is 26.3 Å². The molecule has 5 nitrogen and oxygen atoms in total. The maximum Gasteiger partial charge on any atom is 0.133 e. The van der Waals surface area contributed by atoms with E-state index in [-0.39, 0.29) is 0 Å². The van der Waals surface area contributed by atoms with Gasteiger partial charge in [-0.25, -0.2) is 0 Å². The third kappa shape index (κ3) is 3.10. The van der Waals surface area contributed by atoms with E-state index < -0.39 is 0 Å². The maximum absolute atomic E-state index is 4.12. The summed E-state index contributed by atoms with van der Waals surface area (Å²) in [6, 6.07) is 2.03. The number of aromatic nitrogens is 4. The molecule has 17 heavy (non-hydrogen) atoms. The van der Waals surface area contributed by atoms with Crippen LogP contribution in [0.15, 0.2) is 24.8 Å². The Morgan fingerprint density at radius 2 is 2.29 bits per heavy atom. The molecule has 0 amide bonds. The van der Waals surface area contributed by atoms with Crippen LogP contribution in [0, 0.1) is 6.92 Å². The van der Waals surface area contributed by atoms with Crippen LogP contribution in [0.5, 0.6) is 0 Å². The molecule has 0 radical (unpaired) electrons. The number of aryl methyl sites for hydroxylation is 2. The summed E-state index contributed by atoms with van der Waals surface area (Å²) in [7, 11) is 1.96. The Bertz CT molecular complexity index is 477. The number of nitrogens with one attached hydrogen (secondary N) is 1. The molecule has 0 spiro atoms. The Hall–Kier alpha value is -1.75. The Balaban J connectivity index is 1.77. The van der Waals surface area contributed by atoms with Crippen LogP contribution < -0.4 is 5.32 Å². The standard InChI is InChI=1S/C12H17N5/c1-10-3-5-13-7-11(10)8-14-6-4-12-16-15-9-17(12)2/h3,5,7,9,14H,4,6,8H2,1-2H3. The van der Waals surface area contributed by atoms with Gasteiger partial charge in [0, 0.05) is 39.0 Å². The van der Waals surface area contributed by atoms with Crippen LogP contribution in [0.4, 0.5) is 0 Å². The van der Waals surface area contributed by atoms with Crippen molar-refractivity contribution in [2.45, 2.75) is 19.9 Å². The van der Waals surface area contributed by atoms with E-state index in [1.54, 1.807) is 6.33 Å².